The maximum Gasteiger partial charge on any atom is 0.341 e. The zero-order valence-corrected chi connectivity index (χ0v) is 18.2. The summed E-state index contributed by atoms with van der Waals surface area (Å²) in [5.41, 5.74) is 7.13. The number of aromatic nitrogens is 1. The molecule has 3 N–H and O–H groups in total. The van der Waals surface area contributed by atoms with E-state index < -0.39 is 22.8 Å². The summed E-state index contributed by atoms with van der Waals surface area (Å²) in [6, 6.07) is 12.1. The first kappa shape index (κ1) is 20.0. The van der Waals surface area contributed by atoms with E-state index in [-0.39, 0.29) is 22.9 Å². The third kappa shape index (κ3) is 2.69. The number of hydrogen-bond acceptors (Lipinski definition) is 6. The fourth-order valence-corrected chi connectivity index (χ4v) is 5.26. The Kier molecular flexibility index (Phi) is 3.91. The largest absolute Gasteiger partial charge is 0.477 e. The van der Waals surface area contributed by atoms with Gasteiger partial charge >= 0.3 is 5.97 Å². The molecule has 0 amide bonds. The Balaban J connectivity index is 1.60. The molecule has 0 bridgehead atoms. The van der Waals surface area contributed by atoms with E-state index in [1.54, 1.807) is 16.7 Å². The molecule has 0 spiro atoms. The summed E-state index contributed by atoms with van der Waals surface area (Å²) in [5.74, 6) is -1.49. The Bertz CT molecular complexity index is 1810. The number of benzene rings is 3. The molecule has 1 saturated heterocycles. The van der Waals surface area contributed by atoms with E-state index >= 15 is 4.39 Å². The van der Waals surface area contributed by atoms with Crippen LogP contribution in [0.15, 0.2) is 57.9 Å². The Morgan fingerprint density at radius 3 is 2.71 bits per heavy atom. The second kappa shape index (κ2) is 6.83. The Hall–Kier alpha value is -4.37. The number of carboxylic acids is 1. The summed E-state index contributed by atoms with van der Waals surface area (Å²) in [6.45, 7) is 0.976. The molecule has 1 fully saturated rings. The number of nitrogens with zero attached hydrogens (tertiary/aromatic N) is 2. The first-order valence-corrected chi connectivity index (χ1v) is 11.2. The standard InChI is InChI=1S/C26H18FN3O5/c27-17-7-15-22-25(23(17)29-6-5-12(28)10-29)35-21-8-14-13-3-1-2-4-19(13)34-20(14)9-18(21)30(22)11-16(24(15)31)26(32)33/h1-4,7-9,11-12H,5-6,10,28H2,(H,32,33)/t12-/m0/s1. The van der Waals surface area contributed by atoms with Crippen molar-refractivity contribution in [1.82, 2.24) is 4.57 Å². The van der Waals surface area contributed by atoms with Gasteiger partial charge in [-0.1, -0.05) is 18.2 Å². The number of hydrogen-bond donors (Lipinski definition) is 2. The van der Waals surface area contributed by atoms with Gasteiger partial charge in [-0.2, -0.15) is 0 Å². The number of ether oxygens (including phenoxy) is 1. The topological polar surface area (TPSA) is 111 Å². The van der Waals surface area contributed by atoms with Crippen molar-refractivity contribution in [1.29, 1.82) is 0 Å². The monoisotopic (exact) mass is 471 g/mol. The summed E-state index contributed by atoms with van der Waals surface area (Å²) in [4.78, 5) is 26.7. The lowest BCUT2D eigenvalue weighted by molar-refractivity contribution is 0.0695. The van der Waals surface area contributed by atoms with Gasteiger partial charge in [-0.25, -0.2) is 9.18 Å². The average molecular weight is 471 g/mol. The predicted molar refractivity (Wildman–Crippen MR) is 129 cm³/mol. The number of fused-ring (bicyclic) bond motifs is 5. The number of pyridine rings is 1. The number of aromatic carboxylic acids is 1. The molecular formula is C26H18FN3O5. The van der Waals surface area contributed by atoms with Crippen molar-refractivity contribution in [3.8, 4) is 17.2 Å². The number of anilines is 1. The number of carbonyl (C=O) groups is 1. The van der Waals surface area contributed by atoms with Crippen LogP contribution < -0.4 is 20.8 Å². The fraction of sp³-hybridized carbons (Fsp3) is 0.154. The van der Waals surface area contributed by atoms with Crippen LogP contribution in [0, 0.1) is 5.82 Å². The van der Waals surface area contributed by atoms with Crippen LogP contribution in [0.1, 0.15) is 16.8 Å². The fourth-order valence-electron chi connectivity index (χ4n) is 5.26. The van der Waals surface area contributed by atoms with Gasteiger partial charge in [0.05, 0.1) is 11.1 Å². The van der Waals surface area contributed by atoms with Crippen LogP contribution in [0.25, 0.3) is 38.5 Å². The number of nitrogens with two attached hydrogens (primary N) is 1. The highest BCUT2D eigenvalue weighted by Crippen LogP contribution is 2.48. The second-order valence-electron chi connectivity index (χ2n) is 8.99. The molecule has 174 valence electrons. The van der Waals surface area contributed by atoms with Gasteiger partial charge in [-0.15, -0.1) is 0 Å². The van der Waals surface area contributed by atoms with E-state index in [4.69, 9.17) is 14.9 Å². The Labute approximate surface area is 196 Å². The summed E-state index contributed by atoms with van der Waals surface area (Å²) < 4.78 is 29.4. The van der Waals surface area contributed by atoms with Crippen LogP contribution in [0.3, 0.4) is 0 Å². The average Bonchev–Trinajstić information content (AvgIpc) is 3.42. The first-order valence-electron chi connectivity index (χ1n) is 11.2. The highest BCUT2D eigenvalue weighted by Gasteiger charge is 2.33. The Morgan fingerprint density at radius 2 is 1.94 bits per heavy atom. The molecule has 4 heterocycles. The van der Waals surface area contributed by atoms with E-state index in [1.807, 2.05) is 29.2 Å². The van der Waals surface area contributed by atoms with Gasteiger partial charge in [0.1, 0.15) is 27.9 Å². The van der Waals surface area contributed by atoms with E-state index in [0.717, 1.165) is 16.8 Å². The zero-order chi connectivity index (χ0) is 24.0. The molecule has 2 aliphatic heterocycles. The Morgan fingerprint density at radius 1 is 1.11 bits per heavy atom. The number of rotatable bonds is 2. The predicted octanol–water partition coefficient (Wildman–Crippen LogP) is 4.37. The molecule has 0 radical (unpaired) electrons. The molecule has 7 rings (SSSR count). The van der Waals surface area contributed by atoms with Crippen molar-refractivity contribution in [3.63, 3.8) is 0 Å². The minimum Gasteiger partial charge on any atom is -0.477 e. The molecule has 0 saturated carbocycles. The van der Waals surface area contributed by atoms with Crippen molar-refractivity contribution in [2.45, 2.75) is 12.5 Å². The summed E-state index contributed by atoms with van der Waals surface area (Å²) in [5, 5.41) is 11.3. The van der Waals surface area contributed by atoms with Gasteiger partial charge in [-0.05, 0) is 24.6 Å². The first-order chi connectivity index (χ1) is 16.9. The van der Waals surface area contributed by atoms with Gasteiger partial charge in [0.2, 0.25) is 5.43 Å². The highest BCUT2D eigenvalue weighted by atomic mass is 19.1. The quantitative estimate of drug-likeness (QED) is 0.386. The molecule has 0 aliphatic carbocycles. The number of furan rings is 1. The molecule has 2 aliphatic rings. The summed E-state index contributed by atoms with van der Waals surface area (Å²) in [6.07, 6.45) is 1.96. The molecule has 0 unspecified atom stereocenters. The van der Waals surface area contributed by atoms with Crippen molar-refractivity contribution < 1.29 is 23.4 Å². The maximum atomic E-state index is 15.5. The lowest BCUT2D eigenvalue weighted by atomic mass is 10.0. The third-order valence-corrected chi connectivity index (χ3v) is 6.87. The second-order valence-corrected chi connectivity index (χ2v) is 8.99. The molecule has 9 heteroatoms. The van der Waals surface area contributed by atoms with Crippen LogP contribution in [-0.4, -0.2) is 34.8 Å². The van der Waals surface area contributed by atoms with Crippen molar-refractivity contribution in [3.05, 3.63) is 70.3 Å². The van der Waals surface area contributed by atoms with Crippen LogP contribution in [0.5, 0.6) is 11.5 Å². The van der Waals surface area contributed by atoms with Gasteiger partial charge in [0, 0.05) is 42.2 Å². The van der Waals surface area contributed by atoms with Crippen LogP contribution in [0.2, 0.25) is 0 Å². The summed E-state index contributed by atoms with van der Waals surface area (Å²) >= 11 is 0. The molecule has 3 aromatic carbocycles. The van der Waals surface area contributed by atoms with E-state index in [2.05, 4.69) is 0 Å². The lowest BCUT2D eigenvalue weighted by Crippen LogP contribution is -2.28. The summed E-state index contributed by atoms with van der Waals surface area (Å²) in [7, 11) is 0. The molecule has 8 nitrogen and oxygen atoms in total. The molecule has 5 aromatic rings. The maximum absolute atomic E-state index is 15.5. The third-order valence-electron chi connectivity index (χ3n) is 6.87. The van der Waals surface area contributed by atoms with Crippen LogP contribution >= 0.6 is 0 Å². The lowest BCUT2D eigenvalue weighted by Gasteiger charge is -2.29. The minimum atomic E-state index is -1.39. The molecule has 1 atom stereocenters. The van der Waals surface area contributed by atoms with Crippen LogP contribution in [0.4, 0.5) is 10.1 Å². The smallest absolute Gasteiger partial charge is 0.341 e. The zero-order valence-electron chi connectivity index (χ0n) is 18.2. The molecular weight excluding hydrogens is 453 g/mol. The number of halogens is 1. The van der Waals surface area contributed by atoms with E-state index in [9.17, 15) is 14.7 Å². The van der Waals surface area contributed by atoms with E-state index in [1.165, 1.54) is 6.20 Å². The number of para-hydroxylation sites is 1. The minimum absolute atomic E-state index is 0.0694. The van der Waals surface area contributed by atoms with Crippen molar-refractivity contribution in [2.24, 2.45) is 5.73 Å². The van der Waals surface area contributed by atoms with Gasteiger partial charge in [-0.3, -0.25) is 4.79 Å². The van der Waals surface area contributed by atoms with Crippen molar-refractivity contribution in [2.75, 3.05) is 18.0 Å². The van der Waals surface area contributed by atoms with Gasteiger partial charge in [0.15, 0.2) is 17.3 Å². The molecule has 35 heavy (non-hydrogen) atoms. The SMILES string of the molecule is N[C@H]1CCN(c2c(F)cc3c(=O)c(C(=O)O)cn4c3c2Oc2cc3c(cc2-4)oc2ccccc23)C1. The van der Waals surface area contributed by atoms with Crippen molar-refractivity contribution >= 4 is 44.5 Å². The highest BCUT2D eigenvalue weighted by molar-refractivity contribution is 6.07. The van der Waals surface area contributed by atoms with Crippen LogP contribution in [-0.2, 0) is 0 Å². The van der Waals surface area contributed by atoms with Gasteiger partial charge in [0.25, 0.3) is 0 Å². The van der Waals surface area contributed by atoms with Gasteiger partial charge < -0.3 is 29.5 Å². The number of carboxylic acid groups (broad SMARTS) is 1. The normalized spacial score (nSPS) is 16.7. The molecule has 2 aromatic heterocycles. The van der Waals surface area contributed by atoms with E-state index in [0.29, 0.717) is 47.6 Å².